The van der Waals surface area contributed by atoms with Gasteiger partial charge in [-0.25, -0.2) is 0 Å². The van der Waals surface area contributed by atoms with E-state index in [0.29, 0.717) is 11.5 Å². The molecule has 1 saturated heterocycles. The Bertz CT molecular complexity index is 466. The lowest BCUT2D eigenvalue weighted by molar-refractivity contribution is 0.230. The smallest absolute Gasteiger partial charge is 0.152 e. The summed E-state index contributed by atoms with van der Waals surface area (Å²) < 4.78 is 0. The van der Waals surface area contributed by atoms with Crippen LogP contribution in [0.2, 0.25) is 0 Å². The number of hydrogen-bond acceptors (Lipinski definition) is 3. The number of nitrogens with zero attached hydrogens (tertiary/aromatic N) is 1. The molecule has 0 spiro atoms. The number of nitrogens with one attached hydrogen (secondary N) is 3. The van der Waals surface area contributed by atoms with Gasteiger partial charge in [0.05, 0.1) is 0 Å². The van der Waals surface area contributed by atoms with E-state index in [1.165, 1.54) is 24.1 Å². The van der Waals surface area contributed by atoms with Crippen molar-refractivity contribution in [2.45, 2.75) is 58.4 Å². The number of aromatic nitrogens is 2. The summed E-state index contributed by atoms with van der Waals surface area (Å²) in [6, 6.07) is 0.526. The zero-order valence-corrected chi connectivity index (χ0v) is 12.6. The molecule has 0 saturated carbocycles. The highest BCUT2D eigenvalue weighted by Crippen LogP contribution is 2.47. The summed E-state index contributed by atoms with van der Waals surface area (Å²) in [6.45, 7) is 11.6. The van der Waals surface area contributed by atoms with Crippen molar-refractivity contribution < 1.29 is 0 Å². The molecule has 1 atom stereocenters. The van der Waals surface area contributed by atoms with E-state index < -0.39 is 0 Å². The zero-order chi connectivity index (χ0) is 13.7. The third-order valence-corrected chi connectivity index (χ3v) is 4.50. The SMILES string of the molecule is CC1(C)Cc2[nH]nc(NC3CCNC3)c2C(C)(C)C1. The van der Waals surface area contributed by atoms with E-state index in [0.717, 1.165) is 25.3 Å². The van der Waals surface area contributed by atoms with Crippen molar-refractivity contribution >= 4 is 5.82 Å². The molecule has 2 aliphatic rings. The van der Waals surface area contributed by atoms with Crippen LogP contribution in [0.5, 0.6) is 0 Å². The number of anilines is 1. The van der Waals surface area contributed by atoms with Crippen LogP contribution in [-0.2, 0) is 11.8 Å². The molecule has 1 aliphatic heterocycles. The second-order valence-electron chi connectivity index (χ2n) is 7.66. The van der Waals surface area contributed by atoms with E-state index in [4.69, 9.17) is 0 Å². The Morgan fingerprint density at radius 1 is 1.26 bits per heavy atom. The fraction of sp³-hybridized carbons (Fsp3) is 0.800. The average Bonchev–Trinajstić information content (AvgIpc) is 2.85. The van der Waals surface area contributed by atoms with Crippen LogP contribution in [0.1, 0.15) is 51.8 Å². The summed E-state index contributed by atoms with van der Waals surface area (Å²) in [5.74, 6) is 1.09. The molecule has 3 N–H and O–H groups in total. The van der Waals surface area contributed by atoms with Gasteiger partial charge in [0, 0.05) is 23.8 Å². The molecular weight excluding hydrogens is 236 g/mol. The summed E-state index contributed by atoms with van der Waals surface area (Å²) in [5.41, 5.74) is 3.29. The van der Waals surface area contributed by atoms with E-state index in [2.05, 4.69) is 48.5 Å². The first-order valence-corrected chi connectivity index (χ1v) is 7.42. The van der Waals surface area contributed by atoms with Gasteiger partial charge >= 0.3 is 0 Å². The van der Waals surface area contributed by atoms with Crippen LogP contribution >= 0.6 is 0 Å². The molecule has 1 fully saturated rings. The predicted molar refractivity (Wildman–Crippen MR) is 78.6 cm³/mol. The van der Waals surface area contributed by atoms with Gasteiger partial charge in [-0.1, -0.05) is 27.7 Å². The van der Waals surface area contributed by atoms with Crippen molar-refractivity contribution in [1.82, 2.24) is 15.5 Å². The molecular formula is C15H26N4. The molecule has 0 amide bonds. The second-order valence-corrected chi connectivity index (χ2v) is 7.66. The Morgan fingerprint density at radius 3 is 2.74 bits per heavy atom. The van der Waals surface area contributed by atoms with Crippen molar-refractivity contribution in [1.29, 1.82) is 0 Å². The molecule has 19 heavy (non-hydrogen) atoms. The molecule has 0 bridgehead atoms. The number of fused-ring (bicyclic) bond motifs is 1. The van der Waals surface area contributed by atoms with Gasteiger partial charge in [0.2, 0.25) is 0 Å². The van der Waals surface area contributed by atoms with Crippen LogP contribution in [0.15, 0.2) is 0 Å². The Labute approximate surface area is 115 Å². The van der Waals surface area contributed by atoms with Crippen LogP contribution in [0.4, 0.5) is 5.82 Å². The first kappa shape index (κ1) is 13.0. The van der Waals surface area contributed by atoms with Crippen LogP contribution in [0, 0.1) is 5.41 Å². The summed E-state index contributed by atoms with van der Waals surface area (Å²) in [7, 11) is 0. The van der Waals surface area contributed by atoms with Gasteiger partial charge in [-0.05, 0) is 36.6 Å². The maximum atomic E-state index is 4.56. The summed E-state index contributed by atoms with van der Waals surface area (Å²) in [5, 5.41) is 14.9. The molecule has 1 unspecified atom stereocenters. The van der Waals surface area contributed by atoms with Gasteiger partial charge < -0.3 is 10.6 Å². The molecule has 4 nitrogen and oxygen atoms in total. The van der Waals surface area contributed by atoms with E-state index in [-0.39, 0.29) is 5.41 Å². The van der Waals surface area contributed by atoms with Gasteiger partial charge in [-0.2, -0.15) is 5.10 Å². The highest BCUT2D eigenvalue weighted by molar-refractivity contribution is 5.53. The Hall–Kier alpha value is -1.03. The van der Waals surface area contributed by atoms with E-state index in [1.54, 1.807) is 0 Å². The first-order chi connectivity index (χ1) is 8.87. The van der Waals surface area contributed by atoms with Crippen LogP contribution in [0.25, 0.3) is 0 Å². The highest BCUT2D eigenvalue weighted by Gasteiger charge is 2.41. The third kappa shape index (κ3) is 2.38. The average molecular weight is 262 g/mol. The van der Waals surface area contributed by atoms with Crippen molar-refractivity contribution in [2.24, 2.45) is 5.41 Å². The third-order valence-electron chi connectivity index (χ3n) is 4.50. The Morgan fingerprint density at radius 2 is 2.05 bits per heavy atom. The quantitative estimate of drug-likeness (QED) is 0.767. The monoisotopic (exact) mass is 262 g/mol. The van der Waals surface area contributed by atoms with Crippen LogP contribution in [-0.4, -0.2) is 29.3 Å². The summed E-state index contributed by atoms with van der Waals surface area (Å²) in [4.78, 5) is 0. The lowest BCUT2D eigenvalue weighted by Gasteiger charge is -2.40. The van der Waals surface area contributed by atoms with Crippen molar-refractivity contribution in [3.8, 4) is 0 Å². The predicted octanol–water partition coefficient (Wildman–Crippen LogP) is 2.43. The van der Waals surface area contributed by atoms with E-state index >= 15 is 0 Å². The van der Waals surface area contributed by atoms with Crippen LogP contribution in [0.3, 0.4) is 0 Å². The molecule has 1 aromatic rings. The lowest BCUT2D eigenvalue weighted by atomic mass is 9.64. The Kier molecular flexibility index (Phi) is 2.89. The number of H-pyrrole nitrogens is 1. The van der Waals surface area contributed by atoms with Crippen molar-refractivity contribution in [3.05, 3.63) is 11.3 Å². The van der Waals surface area contributed by atoms with E-state index in [9.17, 15) is 0 Å². The molecule has 1 aliphatic carbocycles. The summed E-state index contributed by atoms with van der Waals surface area (Å²) in [6.07, 6.45) is 3.50. The molecule has 0 aromatic carbocycles. The number of rotatable bonds is 2. The standard InChI is InChI=1S/C15H26N4/c1-14(2)7-11-12(15(3,4)9-14)13(19-18-11)17-10-5-6-16-8-10/h10,16H,5-9H2,1-4H3,(H2,17,18,19). The molecule has 0 radical (unpaired) electrons. The van der Waals surface area contributed by atoms with Gasteiger partial charge in [0.1, 0.15) is 0 Å². The molecule has 106 valence electrons. The van der Waals surface area contributed by atoms with E-state index in [1.807, 2.05) is 0 Å². The zero-order valence-electron chi connectivity index (χ0n) is 12.6. The minimum atomic E-state index is 0.193. The topological polar surface area (TPSA) is 52.7 Å². The van der Waals surface area contributed by atoms with Crippen LogP contribution < -0.4 is 10.6 Å². The maximum Gasteiger partial charge on any atom is 0.152 e. The number of hydrogen-bond donors (Lipinski definition) is 3. The highest BCUT2D eigenvalue weighted by atomic mass is 15.2. The summed E-state index contributed by atoms with van der Waals surface area (Å²) >= 11 is 0. The number of aromatic amines is 1. The van der Waals surface area contributed by atoms with Gasteiger partial charge in [0.15, 0.2) is 5.82 Å². The largest absolute Gasteiger partial charge is 0.364 e. The fourth-order valence-corrected chi connectivity index (χ4v) is 4.14. The van der Waals surface area contributed by atoms with Gasteiger partial charge in [-0.15, -0.1) is 0 Å². The normalized spacial score (nSPS) is 28.1. The van der Waals surface area contributed by atoms with Gasteiger partial charge in [0.25, 0.3) is 0 Å². The molecule has 1 aromatic heterocycles. The molecule has 3 rings (SSSR count). The lowest BCUT2D eigenvalue weighted by Crippen LogP contribution is -2.35. The second kappa shape index (κ2) is 4.23. The first-order valence-electron chi connectivity index (χ1n) is 7.42. The fourth-order valence-electron chi connectivity index (χ4n) is 4.14. The van der Waals surface area contributed by atoms with Crippen molar-refractivity contribution in [3.63, 3.8) is 0 Å². The van der Waals surface area contributed by atoms with Gasteiger partial charge in [-0.3, -0.25) is 5.10 Å². The minimum Gasteiger partial charge on any atom is -0.364 e. The molecule has 4 heteroatoms. The molecule has 2 heterocycles. The van der Waals surface area contributed by atoms with Crippen molar-refractivity contribution in [2.75, 3.05) is 18.4 Å². The Balaban J connectivity index is 1.91. The maximum absolute atomic E-state index is 4.56. The minimum absolute atomic E-state index is 0.193.